The van der Waals surface area contributed by atoms with Crippen molar-refractivity contribution >= 4 is 16.0 Å². The zero-order valence-corrected chi connectivity index (χ0v) is 17.5. The number of hydrogen-bond donors (Lipinski definition) is 2. The van der Waals surface area contributed by atoms with Gasteiger partial charge < -0.3 is 14.5 Å². The van der Waals surface area contributed by atoms with E-state index >= 15 is 0 Å². The molecule has 164 valence electrons. The Morgan fingerprint density at radius 2 is 1.90 bits per heavy atom. The van der Waals surface area contributed by atoms with Gasteiger partial charge in [0, 0.05) is 17.3 Å². The number of pyridine rings is 1. The number of rotatable bonds is 7. The molecule has 0 bridgehead atoms. The Kier molecular flexibility index (Phi) is 6.20. The Labute approximate surface area is 176 Å². The van der Waals surface area contributed by atoms with E-state index in [9.17, 15) is 22.0 Å². The number of halogens is 2. The molecule has 31 heavy (non-hydrogen) atoms. The number of benzene rings is 1. The molecule has 0 saturated carbocycles. The summed E-state index contributed by atoms with van der Waals surface area (Å²) in [6, 6.07) is 4.12. The molecule has 12 heteroatoms. The second kappa shape index (κ2) is 8.68. The Bertz CT molecular complexity index is 1290. The van der Waals surface area contributed by atoms with Gasteiger partial charge in [0.2, 0.25) is 16.0 Å². The number of aromatic amines is 1. The van der Waals surface area contributed by atoms with Crippen LogP contribution in [-0.2, 0) is 10.0 Å². The van der Waals surface area contributed by atoms with Crippen LogP contribution in [0.4, 0.5) is 14.7 Å². The van der Waals surface area contributed by atoms with Crippen molar-refractivity contribution in [3.05, 3.63) is 58.1 Å². The van der Waals surface area contributed by atoms with Crippen molar-refractivity contribution in [3.8, 4) is 28.5 Å². The van der Waals surface area contributed by atoms with Gasteiger partial charge in [0.05, 0.1) is 19.1 Å². The molecule has 0 spiro atoms. The summed E-state index contributed by atoms with van der Waals surface area (Å²) in [6.45, 7) is 3.02. The molecule has 2 heterocycles. The third kappa shape index (κ3) is 4.97. The van der Waals surface area contributed by atoms with Crippen molar-refractivity contribution in [2.24, 2.45) is 0 Å². The third-order valence-corrected chi connectivity index (χ3v) is 5.43. The van der Waals surface area contributed by atoms with Crippen LogP contribution in [0.15, 0.2) is 35.3 Å². The van der Waals surface area contributed by atoms with Gasteiger partial charge in [-0.1, -0.05) is 0 Å². The minimum Gasteiger partial charge on any atom is -0.491 e. The summed E-state index contributed by atoms with van der Waals surface area (Å²) in [6.07, 6.45) is 1.13. The lowest BCUT2D eigenvalue weighted by Gasteiger charge is -2.14. The molecule has 0 aliphatic carbocycles. The highest BCUT2D eigenvalue weighted by Gasteiger charge is 2.19. The highest BCUT2D eigenvalue weighted by Crippen LogP contribution is 2.35. The fraction of sp³-hybridized carbons (Fsp3) is 0.211. The molecule has 3 rings (SSSR count). The Balaban J connectivity index is 2.18. The molecule has 0 aliphatic rings. The molecule has 0 atom stereocenters. The molecule has 3 aromatic rings. The Morgan fingerprint density at radius 3 is 2.55 bits per heavy atom. The SMILES string of the molecule is CCS(=O)(=O)Nc1ncc(Oc2ccc(F)cc2F)c(-c2cc(OC)c(=O)[nH]c2C)n1. The summed E-state index contributed by atoms with van der Waals surface area (Å²) in [5.74, 6) is -2.62. The number of aryl methyl sites for hydroxylation is 1. The molecular formula is C19H18F2N4O5S. The standard InChI is InChI=1S/C19H18F2N4O5S/c1-4-31(27,28)25-19-22-9-16(30-14-6-5-11(20)7-13(14)21)17(24-19)12-8-15(29-3)18(26)23-10(12)2/h5-9H,4H2,1-3H3,(H,23,26)(H,22,24,25). The van der Waals surface area contributed by atoms with Crippen molar-refractivity contribution in [1.82, 2.24) is 15.0 Å². The van der Waals surface area contributed by atoms with Gasteiger partial charge in [-0.25, -0.2) is 27.2 Å². The lowest BCUT2D eigenvalue weighted by molar-refractivity contribution is 0.408. The maximum atomic E-state index is 14.1. The number of H-pyrrole nitrogens is 1. The highest BCUT2D eigenvalue weighted by molar-refractivity contribution is 7.92. The maximum absolute atomic E-state index is 14.1. The number of methoxy groups -OCH3 is 1. The number of nitrogens with zero attached hydrogens (tertiary/aromatic N) is 2. The smallest absolute Gasteiger partial charge is 0.290 e. The molecule has 9 nitrogen and oxygen atoms in total. The predicted molar refractivity (Wildman–Crippen MR) is 109 cm³/mol. The van der Waals surface area contributed by atoms with Crippen LogP contribution >= 0.6 is 0 Å². The average Bonchev–Trinajstić information content (AvgIpc) is 2.71. The molecular weight excluding hydrogens is 434 g/mol. The lowest BCUT2D eigenvalue weighted by Crippen LogP contribution is -2.17. The van der Waals surface area contributed by atoms with Gasteiger partial charge in [-0.2, -0.15) is 0 Å². The van der Waals surface area contributed by atoms with E-state index in [2.05, 4.69) is 19.7 Å². The number of nitrogens with one attached hydrogen (secondary N) is 2. The van der Waals surface area contributed by atoms with E-state index in [0.717, 1.165) is 18.3 Å². The van der Waals surface area contributed by atoms with Crippen molar-refractivity contribution in [2.45, 2.75) is 13.8 Å². The second-order valence-electron chi connectivity index (χ2n) is 6.29. The molecule has 0 aliphatic heterocycles. The number of aromatic nitrogens is 3. The predicted octanol–water partition coefficient (Wildman–Crippen LogP) is 2.98. The first-order valence-electron chi connectivity index (χ1n) is 8.92. The van der Waals surface area contributed by atoms with Gasteiger partial charge in [0.15, 0.2) is 23.1 Å². The van der Waals surface area contributed by atoms with Gasteiger partial charge >= 0.3 is 0 Å². The van der Waals surface area contributed by atoms with Crippen LogP contribution in [0.1, 0.15) is 12.6 Å². The number of ether oxygens (including phenoxy) is 2. The Morgan fingerprint density at radius 1 is 1.16 bits per heavy atom. The largest absolute Gasteiger partial charge is 0.491 e. The molecule has 0 unspecified atom stereocenters. The summed E-state index contributed by atoms with van der Waals surface area (Å²) in [5, 5.41) is 0. The van der Waals surface area contributed by atoms with Gasteiger partial charge in [-0.15, -0.1) is 0 Å². The molecule has 2 N–H and O–H groups in total. The molecule has 0 saturated heterocycles. The minimum absolute atomic E-state index is 0.0335. The minimum atomic E-state index is -3.68. The van der Waals surface area contributed by atoms with Crippen molar-refractivity contribution < 1.29 is 26.7 Å². The zero-order valence-electron chi connectivity index (χ0n) is 16.7. The fourth-order valence-electron chi connectivity index (χ4n) is 2.58. The van der Waals surface area contributed by atoms with E-state index in [-0.39, 0.29) is 34.6 Å². The summed E-state index contributed by atoms with van der Waals surface area (Å²) < 4.78 is 63.9. The van der Waals surface area contributed by atoms with Crippen LogP contribution in [0.3, 0.4) is 0 Å². The van der Waals surface area contributed by atoms with E-state index in [1.165, 1.54) is 20.1 Å². The van der Waals surface area contributed by atoms with Crippen LogP contribution in [-0.4, -0.2) is 36.2 Å². The van der Waals surface area contributed by atoms with E-state index in [4.69, 9.17) is 9.47 Å². The van der Waals surface area contributed by atoms with Gasteiger partial charge in [0.1, 0.15) is 11.5 Å². The van der Waals surface area contributed by atoms with Crippen molar-refractivity contribution in [1.29, 1.82) is 0 Å². The summed E-state index contributed by atoms with van der Waals surface area (Å²) >= 11 is 0. The first kappa shape index (κ1) is 22.2. The van der Waals surface area contributed by atoms with Gasteiger partial charge in [-0.3, -0.25) is 9.52 Å². The average molecular weight is 452 g/mol. The number of sulfonamides is 1. The summed E-state index contributed by atoms with van der Waals surface area (Å²) in [4.78, 5) is 22.7. The normalized spacial score (nSPS) is 11.3. The van der Waals surface area contributed by atoms with E-state index in [1.54, 1.807) is 6.92 Å². The topological polar surface area (TPSA) is 123 Å². The summed E-state index contributed by atoms with van der Waals surface area (Å²) in [7, 11) is -2.38. The van der Waals surface area contributed by atoms with Crippen LogP contribution < -0.4 is 19.8 Å². The monoisotopic (exact) mass is 452 g/mol. The van der Waals surface area contributed by atoms with E-state index in [0.29, 0.717) is 17.3 Å². The Hall–Kier alpha value is -3.54. The summed E-state index contributed by atoms with van der Waals surface area (Å²) in [5.41, 5.74) is 0.225. The quantitative estimate of drug-likeness (QED) is 0.565. The van der Waals surface area contributed by atoms with Gasteiger partial charge in [0.25, 0.3) is 5.56 Å². The lowest BCUT2D eigenvalue weighted by atomic mass is 10.1. The third-order valence-electron chi connectivity index (χ3n) is 4.18. The van der Waals surface area contributed by atoms with E-state index in [1.807, 2.05) is 0 Å². The maximum Gasteiger partial charge on any atom is 0.290 e. The molecule has 0 fully saturated rings. The van der Waals surface area contributed by atoms with Crippen molar-refractivity contribution in [3.63, 3.8) is 0 Å². The zero-order chi connectivity index (χ0) is 22.8. The van der Waals surface area contributed by atoms with Crippen LogP contribution in [0.5, 0.6) is 17.2 Å². The molecule has 1 aromatic carbocycles. The highest BCUT2D eigenvalue weighted by atomic mass is 32.2. The first-order chi connectivity index (χ1) is 14.6. The van der Waals surface area contributed by atoms with Crippen LogP contribution in [0.25, 0.3) is 11.3 Å². The van der Waals surface area contributed by atoms with Crippen LogP contribution in [0.2, 0.25) is 0 Å². The number of hydrogen-bond acceptors (Lipinski definition) is 7. The van der Waals surface area contributed by atoms with Crippen molar-refractivity contribution in [2.75, 3.05) is 17.6 Å². The molecule has 0 amide bonds. The first-order valence-corrected chi connectivity index (χ1v) is 10.6. The van der Waals surface area contributed by atoms with Crippen LogP contribution in [0, 0.1) is 18.6 Å². The second-order valence-corrected chi connectivity index (χ2v) is 8.31. The van der Waals surface area contributed by atoms with Gasteiger partial charge in [-0.05, 0) is 32.0 Å². The number of anilines is 1. The fourth-order valence-corrected chi connectivity index (χ4v) is 3.10. The molecule has 2 aromatic heterocycles. The molecule has 0 radical (unpaired) electrons. The van der Waals surface area contributed by atoms with E-state index < -0.39 is 27.2 Å².